The number of carbonyl (C=O) groups excluding carboxylic acids is 1. The highest BCUT2D eigenvalue weighted by molar-refractivity contribution is 9.13. The van der Waals surface area contributed by atoms with Crippen LogP contribution in [-0.2, 0) is 17.9 Å². The molecule has 7 heteroatoms. The molecule has 0 saturated heterocycles. The van der Waals surface area contributed by atoms with Crippen molar-refractivity contribution in [2.75, 3.05) is 0 Å². The maximum atomic E-state index is 11.8. The second-order valence-electron chi connectivity index (χ2n) is 4.03. The fourth-order valence-corrected chi connectivity index (χ4v) is 2.11. The molecule has 0 aliphatic carbocycles. The highest BCUT2D eigenvalue weighted by Gasteiger charge is 2.09. The van der Waals surface area contributed by atoms with Crippen LogP contribution < -0.4 is 10.9 Å². The lowest BCUT2D eigenvalue weighted by Crippen LogP contribution is -2.33. The number of amides is 1. The van der Waals surface area contributed by atoms with E-state index in [2.05, 4.69) is 42.3 Å². The van der Waals surface area contributed by atoms with Crippen molar-refractivity contribution >= 4 is 37.8 Å². The second-order valence-corrected chi connectivity index (χ2v) is 5.68. The molecule has 1 amide bonds. The van der Waals surface area contributed by atoms with Gasteiger partial charge < -0.3 is 5.32 Å². The monoisotopic (exact) mass is 399 g/mol. The minimum absolute atomic E-state index is 0.114. The van der Waals surface area contributed by atoms with Crippen molar-refractivity contribution in [1.82, 2.24) is 15.1 Å². The molecule has 5 nitrogen and oxygen atoms in total. The number of aromatic nitrogens is 2. The fraction of sp³-hybridized carbons (Fsp3) is 0.154. The molecule has 20 heavy (non-hydrogen) atoms. The summed E-state index contributed by atoms with van der Waals surface area (Å²) in [5.74, 6) is -0.266. The average molecular weight is 401 g/mol. The van der Waals surface area contributed by atoms with Crippen LogP contribution in [0, 0.1) is 0 Å². The van der Waals surface area contributed by atoms with Crippen molar-refractivity contribution in [3.8, 4) is 0 Å². The molecule has 0 spiro atoms. The molecule has 0 bridgehead atoms. The third-order valence-corrected chi connectivity index (χ3v) is 4.47. The van der Waals surface area contributed by atoms with Gasteiger partial charge in [0.25, 0.3) is 5.56 Å². The lowest BCUT2D eigenvalue weighted by Gasteiger charge is -2.07. The van der Waals surface area contributed by atoms with E-state index in [1.54, 1.807) is 0 Å². The predicted octanol–water partition coefficient (Wildman–Crippen LogP) is 2.08. The van der Waals surface area contributed by atoms with Crippen LogP contribution in [0.25, 0.3) is 0 Å². The quantitative estimate of drug-likeness (QED) is 0.854. The van der Waals surface area contributed by atoms with Gasteiger partial charge in [-0.05, 0) is 37.4 Å². The highest BCUT2D eigenvalue weighted by atomic mass is 79.9. The molecule has 2 aromatic rings. The van der Waals surface area contributed by atoms with E-state index in [-0.39, 0.29) is 18.0 Å². The Morgan fingerprint density at radius 1 is 1.25 bits per heavy atom. The van der Waals surface area contributed by atoms with Gasteiger partial charge in [-0.25, -0.2) is 4.68 Å². The Morgan fingerprint density at radius 3 is 2.65 bits per heavy atom. The Balaban J connectivity index is 1.99. The minimum Gasteiger partial charge on any atom is -0.350 e. The number of hydrogen-bond donors (Lipinski definition) is 1. The van der Waals surface area contributed by atoms with E-state index in [0.717, 1.165) is 10.2 Å². The number of carbonyl (C=O) groups is 1. The van der Waals surface area contributed by atoms with Crippen molar-refractivity contribution in [1.29, 1.82) is 0 Å². The number of nitrogens with one attached hydrogen (secondary N) is 1. The zero-order valence-corrected chi connectivity index (χ0v) is 13.5. The number of benzene rings is 1. The fourth-order valence-electron chi connectivity index (χ4n) is 1.55. The van der Waals surface area contributed by atoms with Gasteiger partial charge in [0.15, 0.2) is 0 Å². The average Bonchev–Trinajstić information content (AvgIpc) is 2.47. The van der Waals surface area contributed by atoms with Crippen LogP contribution in [0.15, 0.2) is 50.3 Å². The summed E-state index contributed by atoms with van der Waals surface area (Å²) in [7, 11) is 0. The molecule has 1 N–H and O–H groups in total. The standard InChI is InChI=1S/C13H11Br2N3O2/c14-10-7-17-18(13(20)12(10)15)8-11(19)16-6-9-4-2-1-3-5-9/h1-5,7H,6,8H2,(H,16,19). The molecule has 104 valence electrons. The van der Waals surface area contributed by atoms with E-state index >= 15 is 0 Å². The van der Waals surface area contributed by atoms with E-state index in [1.165, 1.54) is 6.20 Å². The van der Waals surface area contributed by atoms with E-state index in [1.807, 2.05) is 30.3 Å². The summed E-state index contributed by atoms with van der Waals surface area (Å²) in [6.07, 6.45) is 1.47. The van der Waals surface area contributed by atoms with Crippen LogP contribution in [-0.4, -0.2) is 15.7 Å². The van der Waals surface area contributed by atoms with Crippen LogP contribution >= 0.6 is 31.9 Å². The number of hydrogen-bond acceptors (Lipinski definition) is 3. The SMILES string of the molecule is O=C(Cn1ncc(Br)c(Br)c1=O)NCc1ccccc1. The third kappa shape index (κ3) is 3.77. The van der Waals surface area contributed by atoms with E-state index < -0.39 is 0 Å². The van der Waals surface area contributed by atoms with E-state index in [0.29, 0.717) is 15.5 Å². The molecule has 0 fully saturated rings. The maximum absolute atomic E-state index is 11.8. The lowest BCUT2D eigenvalue weighted by atomic mass is 10.2. The van der Waals surface area contributed by atoms with Crippen molar-refractivity contribution < 1.29 is 4.79 Å². The number of nitrogens with zero attached hydrogens (tertiary/aromatic N) is 2. The molecule has 1 aromatic heterocycles. The van der Waals surface area contributed by atoms with Crippen LogP contribution in [0.2, 0.25) is 0 Å². The zero-order chi connectivity index (χ0) is 14.5. The summed E-state index contributed by atoms with van der Waals surface area (Å²) in [6.45, 7) is 0.309. The van der Waals surface area contributed by atoms with Gasteiger partial charge in [0.1, 0.15) is 11.0 Å². The minimum atomic E-state index is -0.353. The molecule has 0 aliphatic rings. The first-order valence-electron chi connectivity index (χ1n) is 5.79. The predicted molar refractivity (Wildman–Crippen MR) is 82.2 cm³/mol. The summed E-state index contributed by atoms with van der Waals surface area (Å²) >= 11 is 6.33. The number of rotatable bonds is 4. The molecular formula is C13H11Br2N3O2. The van der Waals surface area contributed by atoms with Gasteiger partial charge in [-0.3, -0.25) is 9.59 Å². The maximum Gasteiger partial charge on any atom is 0.282 e. The lowest BCUT2D eigenvalue weighted by molar-refractivity contribution is -0.122. The molecule has 1 heterocycles. The molecule has 0 aliphatic heterocycles. The Kier molecular flexibility index (Phi) is 5.08. The first-order chi connectivity index (χ1) is 9.58. The second kappa shape index (κ2) is 6.81. The normalized spacial score (nSPS) is 10.3. The first-order valence-corrected chi connectivity index (χ1v) is 7.38. The summed E-state index contributed by atoms with van der Waals surface area (Å²) in [4.78, 5) is 23.6. The van der Waals surface area contributed by atoms with Gasteiger partial charge in [0, 0.05) is 6.54 Å². The van der Waals surface area contributed by atoms with Crippen molar-refractivity contribution in [3.05, 3.63) is 61.4 Å². The van der Waals surface area contributed by atoms with Crippen LogP contribution in [0.5, 0.6) is 0 Å². The van der Waals surface area contributed by atoms with E-state index in [9.17, 15) is 9.59 Å². The smallest absolute Gasteiger partial charge is 0.282 e. The van der Waals surface area contributed by atoms with Crippen LogP contribution in [0.1, 0.15) is 5.56 Å². The van der Waals surface area contributed by atoms with Crippen LogP contribution in [0.4, 0.5) is 0 Å². The van der Waals surface area contributed by atoms with Gasteiger partial charge in [0.2, 0.25) is 5.91 Å². The third-order valence-electron chi connectivity index (χ3n) is 2.57. The largest absolute Gasteiger partial charge is 0.350 e. The van der Waals surface area contributed by atoms with Gasteiger partial charge >= 0.3 is 0 Å². The molecule has 2 rings (SSSR count). The highest BCUT2D eigenvalue weighted by Crippen LogP contribution is 2.16. The number of halogens is 2. The molecule has 1 aromatic carbocycles. The molecule has 0 unspecified atom stereocenters. The van der Waals surface area contributed by atoms with Gasteiger partial charge in [-0.2, -0.15) is 5.10 Å². The topological polar surface area (TPSA) is 64.0 Å². The molecule has 0 atom stereocenters. The summed E-state index contributed by atoms with van der Waals surface area (Å²) in [6, 6.07) is 9.55. The van der Waals surface area contributed by atoms with Gasteiger partial charge in [0.05, 0.1) is 10.7 Å². The molecule has 0 radical (unpaired) electrons. The Bertz CT molecular complexity index is 671. The molecular weight excluding hydrogens is 390 g/mol. The van der Waals surface area contributed by atoms with Crippen molar-refractivity contribution in [3.63, 3.8) is 0 Å². The molecule has 0 saturated carbocycles. The zero-order valence-electron chi connectivity index (χ0n) is 10.3. The van der Waals surface area contributed by atoms with Gasteiger partial charge in [-0.15, -0.1) is 0 Å². The summed E-state index contributed by atoms with van der Waals surface area (Å²) in [5.41, 5.74) is 0.646. The summed E-state index contributed by atoms with van der Waals surface area (Å²) in [5, 5.41) is 6.64. The first kappa shape index (κ1) is 14.9. The van der Waals surface area contributed by atoms with Crippen molar-refractivity contribution in [2.45, 2.75) is 13.1 Å². The Labute approximate surface area is 132 Å². The Hall–Kier alpha value is -1.47. The van der Waals surface area contributed by atoms with Gasteiger partial charge in [-0.1, -0.05) is 30.3 Å². The van der Waals surface area contributed by atoms with Crippen molar-refractivity contribution in [2.24, 2.45) is 0 Å². The Morgan fingerprint density at radius 2 is 1.95 bits per heavy atom. The summed E-state index contributed by atoms with van der Waals surface area (Å²) < 4.78 is 2.02. The van der Waals surface area contributed by atoms with E-state index in [4.69, 9.17) is 0 Å². The van der Waals surface area contributed by atoms with Crippen LogP contribution in [0.3, 0.4) is 0 Å².